The first-order valence-electron chi connectivity index (χ1n) is 6.72. The highest BCUT2D eigenvalue weighted by atomic mass is 16.1. The van der Waals surface area contributed by atoms with Crippen molar-refractivity contribution < 1.29 is 4.79 Å². The number of benzene rings is 1. The van der Waals surface area contributed by atoms with Crippen LogP contribution in [0, 0.1) is 5.41 Å². The number of carbonyl (C=O) groups excluding carboxylic acids is 1. The molecule has 0 unspecified atom stereocenters. The van der Waals surface area contributed by atoms with Crippen LogP contribution >= 0.6 is 0 Å². The molecule has 0 aliphatic carbocycles. The number of hydrogen-bond donors (Lipinski definition) is 3. The molecule has 6 nitrogen and oxygen atoms in total. The number of nitrogen functional groups attached to an aromatic ring is 1. The van der Waals surface area contributed by atoms with Gasteiger partial charge in [-0.3, -0.25) is 14.9 Å². The van der Waals surface area contributed by atoms with Gasteiger partial charge in [-0.2, -0.15) is 5.10 Å². The van der Waals surface area contributed by atoms with Crippen LogP contribution in [-0.2, 0) is 11.8 Å². The Labute approximate surface area is 124 Å². The predicted molar refractivity (Wildman–Crippen MR) is 85.6 cm³/mol. The number of amides is 1. The van der Waals surface area contributed by atoms with E-state index in [1.807, 2.05) is 13.8 Å². The van der Waals surface area contributed by atoms with Crippen LogP contribution in [0.4, 0.5) is 11.4 Å². The summed E-state index contributed by atoms with van der Waals surface area (Å²) in [5, 5.41) is 14.9. The third-order valence-electron chi connectivity index (χ3n) is 2.64. The molecular formula is C15H21N5O. The Morgan fingerprint density at radius 1 is 1.38 bits per heavy atom. The monoisotopic (exact) mass is 287 g/mol. The molecule has 0 atom stereocenters. The molecule has 0 radical (unpaired) electrons. The molecule has 1 aromatic carbocycles. The number of anilines is 2. The van der Waals surface area contributed by atoms with Gasteiger partial charge in [-0.15, -0.1) is 0 Å². The smallest absolute Gasteiger partial charge is 0.221 e. The maximum atomic E-state index is 11.0. The number of nitrogens with one attached hydrogen (secondary N) is 2. The van der Waals surface area contributed by atoms with E-state index in [9.17, 15) is 4.79 Å². The zero-order chi connectivity index (χ0) is 16.0. The number of aryl methyl sites for hydroxylation is 1. The van der Waals surface area contributed by atoms with Gasteiger partial charge in [-0.05, 0) is 18.2 Å². The third kappa shape index (κ3) is 4.17. The van der Waals surface area contributed by atoms with Crippen LogP contribution in [0.15, 0.2) is 30.6 Å². The van der Waals surface area contributed by atoms with Gasteiger partial charge in [0.1, 0.15) is 0 Å². The molecule has 4 N–H and O–H groups in total. The van der Waals surface area contributed by atoms with E-state index >= 15 is 0 Å². The van der Waals surface area contributed by atoms with E-state index in [0.29, 0.717) is 22.5 Å². The first kappa shape index (κ1) is 16.4. The molecule has 112 valence electrons. The van der Waals surface area contributed by atoms with Crippen molar-refractivity contribution in [3.05, 3.63) is 41.7 Å². The summed E-state index contributed by atoms with van der Waals surface area (Å²) in [4.78, 5) is 11.0. The third-order valence-corrected chi connectivity index (χ3v) is 2.64. The van der Waals surface area contributed by atoms with E-state index in [1.165, 1.54) is 6.92 Å². The topological polar surface area (TPSA) is 96.8 Å². The largest absolute Gasteiger partial charge is 0.398 e. The van der Waals surface area contributed by atoms with Crippen LogP contribution in [0.2, 0.25) is 0 Å². The number of nitrogens with zero attached hydrogens (tertiary/aromatic N) is 2. The molecule has 1 heterocycles. The second-order valence-corrected chi connectivity index (χ2v) is 4.26. The highest BCUT2D eigenvalue weighted by Gasteiger charge is 2.11. The zero-order valence-corrected chi connectivity index (χ0v) is 12.8. The Bertz CT molecular complexity index is 645. The first-order valence-corrected chi connectivity index (χ1v) is 6.72. The van der Waals surface area contributed by atoms with Gasteiger partial charge in [0.15, 0.2) is 0 Å². The van der Waals surface area contributed by atoms with Crippen molar-refractivity contribution in [3.63, 3.8) is 0 Å². The van der Waals surface area contributed by atoms with Gasteiger partial charge in [0, 0.05) is 42.7 Å². The quantitative estimate of drug-likeness (QED) is 0.597. The number of nitrogens with two attached hydrogens (primary N) is 1. The lowest BCUT2D eigenvalue weighted by molar-refractivity contribution is -0.114. The van der Waals surface area contributed by atoms with Gasteiger partial charge in [-0.1, -0.05) is 13.8 Å². The van der Waals surface area contributed by atoms with Gasteiger partial charge in [0.25, 0.3) is 0 Å². The summed E-state index contributed by atoms with van der Waals surface area (Å²) < 4.78 is 1.62. The SMILES string of the molecule is CC.CC(=O)Nc1ccc(N)c(C(=N)c2cnn(C)c2)c1. The van der Waals surface area contributed by atoms with E-state index in [2.05, 4.69) is 10.4 Å². The Morgan fingerprint density at radius 3 is 2.57 bits per heavy atom. The molecule has 0 saturated heterocycles. The van der Waals surface area contributed by atoms with Gasteiger partial charge in [-0.25, -0.2) is 0 Å². The lowest BCUT2D eigenvalue weighted by Crippen LogP contribution is -2.09. The van der Waals surface area contributed by atoms with E-state index in [4.69, 9.17) is 11.1 Å². The Balaban J connectivity index is 0.00000106. The molecule has 21 heavy (non-hydrogen) atoms. The highest BCUT2D eigenvalue weighted by Crippen LogP contribution is 2.21. The van der Waals surface area contributed by atoms with Crippen LogP contribution in [0.25, 0.3) is 0 Å². The normalized spacial score (nSPS) is 9.52. The van der Waals surface area contributed by atoms with Gasteiger partial charge < -0.3 is 11.1 Å². The van der Waals surface area contributed by atoms with Gasteiger partial charge in [0.05, 0.1) is 11.9 Å². The summed E-state index contributed by atoms with van der Waals surface area (Å²) in [7, 11) is 1.79. The summed E-state index contributed by atoms with van der Waals surface area (Å²) in [6.07, 6.45) is 3.35. The molecule has 0 fully saturated rings. The fourth-order valence-corrected chi connectivity index (χ4v) is 1.76. The first-order chi connectivity index (χ1) is 9.97. The van der Waals surface area contributed by atoms with Crippen molar-refractivity contribution in [1.82, 2.24) is 9.78 Å². The highest BCUT2D eigenvalue weighted by molar-refractivity contribution is 6.14. The molecular weight excluding hydrogens is 266 g/mol. The van der Waals surface area contributed by atoms with Crippen molar-refractivity contribution in [3.8, 4) is 0 Å². The summed E-state index contributed by atoms with van der Waals surface area (Å²) in [5.41, 5.74) is 8.51. The molecule has 0 aliphatic heterocycles. The minimum atomic E-state index is -0.163. The minimum absolute atomic E-state index is 0.163. The molecule has 2 rings (SSSR count). The second-order valence-electron chi connectivity index (χ2n) is 4.26. The molecule has 0 aliphatic rings. The molecule has 1 amide bonds. The van der Waals surface area contributed by atoms with Crippen molar-refractivity contribution in [2.75, 3.05) is 11.1 Å². The fraction of sp³-hybridized carbons (Fsp3) is 0.267. The maximum absolute atomic E-state index is 11.0. The average molecular weight is 287 g/mol. The fourth-order valence-electron chi connectivity index (χ4n) is 1.76. The van der Waals surface area contributed by atoms with Crippen molar-refractivity contribution in [2.45, 2.75) is 20.8 Å². The van der Waals surface area contributed by atoms with Crippen LogP contribution in [0.5, 0.6) is 0 Å². The van der Waals surface area contributed by atoms with Crippen LogP contribution in [-0.4, -0.2) is 21.4 Å². The number of aromatic nitrogens is 2. The number of hydrogen-bond acceptors (Lipinski definition) is 4. The Hall–Kier alpha value is -2.63. The zero-order valence-electron chi connectivity index (χ0n) is 12.8. The standard InChI is InChI=1S/C13H15N5O.C2H6/c1-8(19)17-10-3-4-12(14)11(5-10)13(15)9-6-16-18(2)7-9;1-2/h3-7,15H,14H2,1-2H3,(H,17,19);1-2H3. The maximum Gasteiger partial charge on any atom is 0.221 e. The number of carbonyl (C=O) groups is 1. The van der Waals surface area contributed by atoms with Crippen molar-refractivity contribution >= 4 is 23.0 Å². The molecule has 0 bridgehead atoms. The number of rotatable bonds is 3. The van der Waals surface area contributed by atoms with Crippen molar-refractivity contribution in [2.24, 2.45) is 7.05 Å². The van der Waals surface area contributed by atoms with E-state index < -0.39 is 0 Å². The van der Waals surface area contributed by atoms with Crippen LogP contribution in [0.1, 0.15) is 31.9 Å². The van der Waals surface area contributed by atoms with E-state index in [1.54, 1.807) is 42.3 Å². The van der Waals surface area contributed by atoms with Crippen LogP contribution in [0.3, 0.4) is 0 Å². The van der Waals surface area contributed by atoms with E-state index in [0.717, 1.165) is 0 Å². The summed E-state index contributed by atoms with van der Waals surface area (Å²) in [5.74, 6) is -0.163. The Kier molecular flexibility index (Phi) is 5.66. The molecule has 1 aromatic heterocycles. The Morgan fingerprint density at radius 2 is 2.05 bits per heavy atom. The molecule has 6 heteroatoms. The summed E-state index contributed by atoms with van der Waals surface area (Å²) in [6, 6.07) is 5.06. The average Bonchev–Trinajstić information content (AvgIpc) is 2.88. The van der Waals surface area contributed by atoms with Crippen LogP contribution < -0.4 is 11.1 Å². The van der Waals surface area contributed by atoms with Gasteiger partial charge >= 0.3 is 0 Å². The molecule has 0 spiro atoms. The summed E-state index contributed by atoms with van der Waals surface area (Å²) in [6.45, 7) is 5.43. The lowest BCUT2D eigenvalue weighted by atomic mass is 10.0. The predicted octanol–water partition coefficient (Wildman–Crippen LogP) is 2.40. The van der Waals surface area contributed by atoms with Gasteiger partial charge in [0.2, 0.25) is 5.91 Å². The van der Waals surface area contributed by atoms with E-state index in [-0.39, 0.29) is 11.6 Å². The molecule has 2 aromatic rings. The second kappa shape index (κ2) is 7.23. The summed E-state index contributed by atoms with van der Waals surface area (Å²) >= 11 is 0. The van der Waals surface area contributed by atoms with Crippen molar-refractivity contribution in [1.29, 1.82) is 5.41 Å². The minimum Gasteiger partial charge on any atom is -0.398 e. The lowest BCUT2D eigenvalue weighted by Gasteiger charge is -2.09. The molecule has 0 saturated carbocycles.